The van der Waals surface area contributed by atoms with Crippen molar-refractivity contribution in [2.24, 2.45) is 5.92 Å². The highest BCUT2D eigenvalue weighted by atomic mass is 35.5. The summed E-state index contributed by atoms with van der Waals surface area (Å²) in [5.74, 6) is 1.44. The predicted molar refractivity (Wildman–Crippen MR) is 80.9 cm³/mol. The fourth-order valence-corrected chi connectivity index (χ4v) is 2.45. The molecule has 0 saturated heterocycles. The third-order valence-corrected chi connectivity index (χ3v) is 3.80. The first-order valence-corrected chi connectivity index (χ1v) is 7.72. The van der Waals surface area contributed by atoms with Gasteiger partial charge >= 0.3 is 0 Å². The first-order valence-electron chi connectivity index (χ1n) is 7.34. The van der Waals surface area contributed by atoms with Crippen molar-refractivity contribution in [3.05, 3.63) is 28.8 Å². The van der Waals surface area contributed by atoms with Crippen LogP contribution in [-0.2, 0) is 6.54 Å². The Morgan fingerprint density at radius 1 is 1.42 bits per heavy atom. The normalized spacial score (nSPS) is 16.4. The lowest BCUT2D eigenvalue weighted by molar-refractivity contribution is 0.249. The van der Waals surface area contributed by atoms with Crippen molar-refractivity contribution in [2.75, 3.05) is 6.61 Å². The second-order valence-corrected chi connectivity index (χ2v) is 6.00. The summed E-state index contributed by atoms with van der Waals surface area (Å²) in [6, 6.07) is 6.70. The van der Waals surface area contributed by atoms with E-state index in [1.807, 2.05) is 12.1 Å². The number of nitrogens with one attached hydrogen (secondary N) is 1. The lowest BCUT2D eigenvalue weighted by atomic mass is 10.1. The minimum absolute atomic E-state index is 0.575. The van der Waals surface area contributed by atoms with Gasteiger partial charge in [-0.2, -0.15) is 0 Å². The number of ether oxygens (including phenoxy) is 1. The Balaban J connectivity index is 1.95. The van der Waals surface area contributed by atoms with E-state index in [-0.39, 0.29) is 0 Å². The minimum Gasteiger partial charge on any atom is -0.491 e. The Hall–Kier alpha value is -0.730. The molecule has 19 heavy (non-hydrogen) atoms. The second kappa shape index (κ2) is 7.16. The molecule has 0 aliphatic heterocycles. The van der Waals surface area contributed by atoms with Gasteiger partial charge in [0.1, 0.15) is 5.75 Å². The van der Waals surface area contributed by atoms with E-state index in [1.165, 1.54) is 31.2 Å². The van der Waals surface area contributed by atoms with E-state index in [4.69, 9.17) is 16.3 Å². The number of hydrogen-bond acceptors (Lipinski definition) is 2. The third kappa shape index (κ3) is 4.70. The summed E-state index contributed by atoms with van der Waals surface area (Å²) < 4.78 is 5.96. The number of benzene rings is 1. The molecule has 0 spiro atoms. The first kappa shape index (κ1) is 14.7. The van der Waals surface area contributed by atoms with Gasteiger partial charge in [0.05, 0.1) is 11.6 Å². The molecule has 1 aromatic carbocycles. The highest BCUT2D eigenvalue weighted by molar-refractivity contribution is 6.32. The van der Waals surface area contributed by atoms with Crippen LogP contribution in [0.1, 0.15) is 45.1 Å². The van der Waals surface area contributed by atoms with E-state index in [0.29, 0.717) is 12.0 Å². The van der Waals surface area contributed by atoms with Gasteiger partial charge in [0.2, 0.25) is 0 Å². The fourth-order valence-electron chi connectivity index (χ4n) is 2.20. The molecule has 0 aromatic heterocycles. The van der Waals surface area contributed by atoms with Crippen molar-refractivity contribution in [3.63, 3.8) is 0 Å². The third-order valence-electron chi connectivity index (χ3n) is 3.50. The molecule has 1 N–H and O–H groups in total. The van der Waals surface area contributed by atoms with E-state index in [1.54, 1.807) is 0 Å². The maximum absolute atomic E-state index is 6.27. The van der Waals surface area contributed by atoms with E-state index in [9.17, 15) is 0 Å². The SMILES string of the molecule is CCCC(C)COc1c(Cl)cccc1CNC1CC1. The van der Waals surface area contributed by atoms with Crippen LogP contribution in [0.25, 0.3) is 0 Å². The number of hydrogen-bond donors (Lipinski definition) is 1. The summed E-state index contributed by atoms with van der Waals surface area (Å²) in [7, 11) is 0. The maximum Gasteiger partial charge on any atom is 0.142 e. The minimum atomic E-state index is 0.575. The van der Waals surface area contributed by atoms with Crippen LogP contribution in [0.3, 0.4) is 0 Å². The molecule has 0 amide bonds. The average Bonchev–Trinajstić information content (AvgIpc) is 3.19. The average molecular weight is 282 g/mol. The summed E-state index contributed by atoms with van der Waals surface area (Å²) >= 11 is 6.27. The van der Waals surface area contributed by atoms with Gasteiger partial charge in [-0.15, -0.1) is 0 Å². The van der Waals surface area contributed by atoms with Gasteiger partial charge in [0.15, 0.2) is 0 Å². The Bertz CT molecular complexity index is 404. The van der Waals surface area contributed by atoms with Crippen LogP contribution in [0.5, 0.6) is 5.75 Å². The molecule has 1 aliphatic rings. The predicted octanol–water partition coefficient (Wildman–Crippen LogP) is 4.41. The van der Waals surface area contributed by atoms with Crippen molar-refractivity contribution in [2.45, 2.75) is 52.1 Å². The molecule has 2 rings (SSSR count). The van der Waals surface area contributed by atoms with Crippen molar-refractivity contribution >= 4 is 11.6 Å². The summed E-state index contributed by atoms with van der Waals surface area (Å²) in [6.45, 7) is 6.02. The largest absolute Gasteiger partial charge is 0.491 e. The molecular weight excluding hydrogens is 258 g/mol. The standard InChI is InChI=1S/C16H24ClNO/c1-3-5-12(2)11-19-16-13(6-4-7-15(16)17)10-18-14-8-9-14/h4,6-7,12,14,18H,3,5,8-11H2,1-2H3. The lowest BCUT2D eigenvalue weighted by Crippen LogP contribution is -2.17. The molecule has 1 aromatic rings. The van der Waals surface area contributed by atoms with E-state index in [0.717, 1.165) is 23.9 Å². The highest BCUT2D eigenvalue weighted by Gasteiger charge is 2.21. The molecule has 1 atom stereocenters. The Morgan fingerprint density at radius 3 is 2.89 bits per heavy atom. The molecule has 1 aliphatic carbocycles. The van der Waals surface area contributed by atoms with Crippen molar-refractivity contribution < 1.29 is 4.74 Å². The zero-order valence-corrected chi connectivity index (χ0v) is 12.7. The number of halogens is 1. The van der Waals surface area contributed by atoms with Crippen LogP contribution >= 0.6 is 11.6 Å². The summed E-state index contributed by atoms with van der Waals surface area (Å²) in [5, 5.41) is 4.24. The van der Waals surface area contributed by atoms with E-state index in [2.05, 4.69) is 25.2 Å². The molecule has 0 radical (unpaired) electrons. The molecular formula is C16H24ClNO. The molecule has 1 saturated carbocycles. The zero-order chi connectivity index (χ0) is 13.7. The highest BCUT2D eigenvalue weighted by Crippen LogP contribution is 2.30. The molecule has 1 fully saturated rings. The Morgan fingerprint density at radius 2 is 2.21 bits per heavy atom. The van der Waals surface area contributed by atoms with Crippen LogP contribution in [0, 0.1) is 5.92 Å². The van der Waals surface area contributed by atoms with E-state index >= 15 is 0 Å². The summed E-state index contributed by atoms with van der Waals surface area (Å²) in [6.07, 6.45) is 4.98. The van der Waals surface area contributed by atoms with Crippen molar-refractivity contribution in [1.29, 1.82) is 0 Å². The van der Waals surface area contributed by atoms with Crippen LogP contribution in [0.4, 0.5) is 0 Å². The topological polar surface area (TPSA) is 21.3 Å². The number of para-hydroxylation sites is 1. The molecule has 3 heteroatoms. The van der Waals surface area contributed by atoms with Crippen LogP contribution in [-0.4, -0.2) is 12.6 Å². The fraction of sp³-hybridized carbons (Fsp3) is 0.625. The number of rotatable bonds is 8. The van der Waals surface area contributed by atoms with E-state index < -0.39 is 0 Å². The molecule has 0 heterocycles. The molecule has 0 bridgehead atoms. The van der Waals surface area contributed by atoms with Gasteiger partial charge < -0.3 is 10.1 Å². The van der Waals surface area contributed by atoms with Gasteiger partial charge in [0, 0.05) is 18.2 Å². The summed E-state index contributed by atoms with van der Waals surface area (Å²) in [4.78, 5) is 0. The molecule has 2 nitrogen and oxygen atoms in total. The van der Waals surface area contributed by atoms with Crippen LogP contribution in [0.2, 0.25) is 5.02 Å². The zero-order valence-electron chi connectivity index (χ0n) is 11.9. The Labute approximate surface area is 121 Å². The quantitative estimate of drug-likeness (QED) is 0.762. The molecule has 1 unspecified atom stereocenters. The van der Waals surface area contributed by atoms with Crippen LogP contribution < -0.4 is 10.1 Å². The lowest BCUT2D eigenvalue weighted by Gasteiger charge is -2.16. The second-order valence-electron chi connectivity index (χ2n) is 5.59. The van der Waals surface area contributed by atoms with Gasteiger partial charge in [0.25, 0.3) is 0 Å². The smallest absolute Gasteiger partial charge is 0.142 e. The van der Waals surface area contributed by atoms with Crippen molar-refractivity contribution in [1.82, 2.24) is 5.32 Å². The monoisotopic (exact) mass is 281 g/mol. The van der Waals surface area contributed by atoms with Crippen LogP contribution in [0.15, 0.2) is 18.2 Å². The van der Waals surface area contributed by atoms with Gasteiger partial charge in [-0.3, -0.25) is 0 Å². The molecule has 106 valence electrons. The van der Waals surface area contributed by atoms with Gasteiger partial charge in [-0.1, -0.05) is 44.0 Å². The van der Waals surface area contributed by atoms with Gasteiger partial charge in [-0.25, -0.2) is 0 Å². The maximum atomic E-state index is 6.27. The first-order chi connectivity index (χ1) is 9.20. The van der Waals surface area contributed by atoms with Crippen molar-refractivity contribution in [3.8, 4) is 5.75 Å². The van der Waals surface area contributed by atoms with Gasteiger partial charge in [-0.05, 0) is 31.2 Å². The Kier molecular flexibility index (Phi) is 5.53. The summed E-state index contributed by atoms with van der Waals surface area (Å²) in [5.41, 5.74) is 1.17.